The fourth-order valence-corrected chi connectivity index (χ4v) is 2.80. The first-order valence-electron chi connectivity index (χ1n) is 6.44. The summed E-state index contributed by atoms with van der Waals surface area (Å²) in [5.41, 5.74) is 0.711. The van der Waals surface area contributed by atoms with Crippen LogP contribution in [0, 0.1) is 5.41 Å². The van der Waals surface area contributed by atoms with E-state index in [1.807, 2.05) is 0 Å². The molecular formula is C13H25NO. The molecule has 0 radical (unpaired) electrons. The van der Waals surface area contributed by atoms with E-state index in [9.17, 15) is 0 Å². The summed E-state index contributed by atoms with van der Waals surface area (Å²) in [5, 5.41) is 3.55. The summed E-state index contributed by atoms with van der Waals surface area (Å²) in [6.07, 6.45) is 6.68. The lowest BCUT2D eigenvalue weighted by Gasteiger charge is -2.48. The normalized spacial score (nSPS) is 34.2. The Balaban J connectivity index is 1.96. The van der Waals surface area contributed by atoms with Crippen molar-refractivity contribution in [3.63, 3.8) is 0 Å². The van der Waals surface area contributed by atoms with E-state index in [1.165, 1.54) is 25.7 Å². The minimum absolute atomic E-state index is 0.175. The van der Waals surface area contributed by atoms with Crippen molar-refractivity contribution in [2.75, 3.05) is 13.1 Å². The fourth-order valence-electron chi connectivity index (χ4n) is 2.80. The maximum atomic E-state index is 6.29. The van der Waals surface area contributed by atoms with Crippen LogP contribution in [0.4, 0.5) is 0 Å². The second-order valence-electron chi connectivity index (χ2n) is 6.13. The third-order valence-electron chi connectivity index (χ3n) is 4.21. The van der Waals surface area contributed by atoms with Crippen LogP contribution in [0.3, 0.4) is 0 Å². The minimum atomic E-state index is 0.175. The minimum Gasteiger partial charge on any atom is -0.369 e. The molecule has 1 saturated carbocycles. The number of hydrogen-bond donors (Lipinski definition) is 1. The van der Waals surface area contributed by atoms with Crippen molar-refractivity contribution >= 4 is 0 Å². The van der Waals surface area contributed by atoms with Crippen molar-refractivity contribution < 1.29 is 4.74 Å². The molecule has 1 aliphatic heterocycles. The molecule has 1 aliphatic carbocycles. The molecule has 1 spiro atoms. The smallest absolute Gasteiger partial charge is 0.0811 e. The molecule has 1 heterocycles. The lowest BCUT2D eigenvalue weighted by molar-refractivity contribution is -0.145. The van der Waals surface area contributed by atoms with Crippen LogP contribution in [-0.2, 0) is 4.74 Å². The molecule has 1 unspecified atom stereocenters. The molecule has 0 aromatic rings. The second-order valence-corrected chi connectivity index (χ2v) is 6.13. The highest BCUT2D eigenvalue weighted by molar-refractivity contribution is 4.95. The van der Waals surface area contributed by atoms with Gasteiger partial charge in [0.1, 0.15) is 0 Å². The predicted octanol–water partition coefficient (Wildman–Crippen LogP) is 2.72. The van der Waals surface area contributed by atoms with E-state index in [0.29, 0.717) is 11.5 Å². The average molecular weight is 211 g/mol. The third kappa shape index (κ3) is 2.54. The summed E-state index contributed by atoms with van der Waals surface area (Å²) in [5.74, 6) is 0. The average Bonchev–Trinajstić information content (AvgIpc) is 2.24. The fraction of sp³-hybridized carbons (Fsp3) is 1.00. The third-order valence-corrected chi connectivity index (χ3v) is 4.21. The Bertz CT molecular complexity index is 215. The largest absolute Gasteiger partial charge is 0.369 e. The van der Waals surface area contributed by atoms with Gasteiger partial charge in [0.15, 0.2) is 0 Å². The van der Waals surface area contributed by atoms with Gasteiger partial charge < -0.3 is 10.1 Å². The Kier molecular flexibility index (Phi) is 3.09. The van der Waals surface area contributed by atoms with E-state index in [-0.39, 0.29) is 5.60 Å². The highest BCUT2D eigenvalue weighted by atomic mass is 16.5. The maximum absolute atomic E-state index is 6.29. The summed E-state index contributed by atoms with van der Waals surface area (Å²) in [7, 11) is 0. The van der Waals surface area contributed by atoms with Crippen LogP contribution >= 0.6 is 0 Å². The molecule has 1 atom stereocenters. The first kappa shape index (κ1) is 11.4. The van der Waals surface area contributed by atoms with E-state index in [1.54, 1.807) is 0 Å². The van der Waals surface area contributed by atoms with Crippen LogP contribution in [0.2, 0.25) is 0 Å². The van der Waals surface area contributed by atoms with E-state index in [2.05, 4.69) is 26.1 Å². The van der Waals surface area contributed by atoms with Gasteiger partial charge in [0.25, 0.3) is 0 Å². The number of hydrogen-bond acceptors (Lipinski definition) is 2. The SMILES string of the molecule is CCC1CNCC2(CCC(C)(C)CC2)O1. The van der Waals surface area contributed by atoms with Crippen LogP contribution in [-0.4, -0.2) is 24.8 Å². The zero-order valence-electron chi connectivity index (χ0n) is 10.4. The molecule has 0 amide bonds. The number of nitrogens with one attached hydrogen (secondary N) is 1. The van der Waals surface area contributed by atoms with Gasteiger partial charge >= 0.3 is 0 Å². The Morgan fingerprint density at radius 2 is 1.87 bits per heavy atom. The van der Waals surface area contributed by atoms with Gasteiger partial charge in [-0.2, -0.15) is 0 Å². The Morgan fingerprint density at radius 1 is 1.20 bits per heavy atom. The zero-order valence-corrected chi connectivity index (χ0v) is 10.4. The van der Waals surface area contributed by atoms with Crippen molar-refractivity contribution in [3.05, 3.63) is 0 Å². The van der Waals surface area contributed by atoms with Gasteiger partial charge in [-0.3, -0.25) is 0 Å². The second kappa shape index (κ2) is 4.06. The van der Waals surface area contributed by atoms with E-state index < -0.39 is 0 Å². The molecule has 0 bridgehead atoms. The first-order chi connectivity index (χ1) is 7.05. The summed E-state index contributed by atoms with van der Waals surface area (Å²) in [6.45, 7) is 9.10. The van der Waals surface area contributed by atoms with E-state index in [0.717, 1.165) is 19.5 Å². The monoisotopic (exact) mass is 211 g/mol. The molecule has 1 N–H and O–H groups in total. The van der Waals surface area contributed by atoms with Crippen LogP contribution in [0.15, 0.2) is 0 Å². The van der Waals surface area contributed by atoms with Crippen LogP contribution in [0.25, 0.3) is 0 Å². The van der Waals surface area contributed by atoms with Gasteiger partial charge in [-0.05, 0) is 37.5 Å². The molecule has 0 aromatic heterocycles. The molecule has 2 fully saturated rings. The summed E-state index contributed by atoms with van der Waals surface area (Å²) in [4.78, 5) is 0. The molecule has 88 valence electrons. The zero-order chi connectivity index (χ0) is 10.9. The quantitative estimate of drug-likeness (QED) is 0.720. The molecule has 1 saturated heterocycles. The Morgan fingerprint density at radius 3 is 2.47 bits per heavy atom. The number of rotatable bonds is 1. The van der Waals surface area contributed by atoms with Crippen LogP contribution in [0.5, 0.6) is 0 Å². The van der Waals surface area contributed by atoms with Gasteiger partial charge in [0, 0.05) is 13.1 Å². The van der Waals surface area contributed by atoms with E-state index in [4.69, 9.17) is 4.74 Å². The van der Waals surface area contributed by atoms with Gasteiger partial charge in [-0.25, -0.2) is 0 Å². The van der Waals surface area contributed by atoms with Crippen molar-refractivity contribution in [1.82, 2.24) is 5.32 Å². The predicted molar refractivity (Wildman–Crippen MR) is 63.0 cm³/mol. The maximum Gasteiger partial charge on any atom is 0.0811 e. The first-order valence-corrected chi connectivity index (χ1v) is 6.44. The van der Waals surface area contributed by atoms with Gasteiger partial charge in [-0.15, -0.1) is 0 Å². The van der Waals surface area contributed by atoms with E-state index >= 15 is 0 Å². The van der Waals surface area contributed by atoms with Crippen LogP contribution in [0.1, 0.15) is 52.9 Å². The molecule has 15 heavy (non-hydrogen) atoms. The molecule has 0 aromatic carbocycles. The lowest BCUT2D eigenvalue weighted by atomic mass is 9.70. The molecule has 2 rings (SSSR count). The summed E-state index contributed by atoms with van der Waals surface area (Å²) < 4.78 is 6.29. The highest BCUT2D eigenvalue weighted by Gasteiger charge is 2.42. The Hall–Kier alpha value is -0.0800. The summed E-state index contributed by atoms with van der Waals surface area (Å²) in [6, 6.07) is 0. The topological polar surface area (TPSA) is 21.3 Å². The lowest BCUT2D eigenvalue weighted by Crippen LogP contribution is -2.55. The van der Waals surface area contributed by atoms with Crippen molar-refractivity contribution in [3.8, 4) is 0 Å². The molecule has 2 heteroatoms. The van der Waals surface area contributed by atoms with Gasteiger partial charge in [-0.1, -0.05) is 20.8 Å². The van der Waals surface area contributed by atoms with Gasteiger partial charge in [0.2, 0.25) is 0 Å². The number of morpholine rings is 1. The highest BCUT2D eigenvalue weighted by Crippen LogP contribution is 2.43. The van der Waals surface area contributed by atoms with Crippen LogP contribution < -0.4 is 5.32 Å². The van der Waals surface area contributed by atoms with Crippen molar-refractivity contribution in [2.24, 2.45) is 5.41 Å². The molecule has 2 nitrogen and oxygen atoms in total. The summed E-state index contributed by atoms with van der Waals surface area (Å²) >= 11 is 0. The van der Waals surface area contributed by atoms with Gasteiger partial charge in [0.05, 0.1) is 11.7 Å². The van der Waals surface area contributed by atoms with Crippen molar-refractivity contribution in [1.29, 1.82) is 0 Å². The molecular weight excluding hydrogens is 186 g/mol. The Labute approximate surface area is 93.8 Å². The van der Waals surface area contributed by atoms with Crippen molar-refractivity contribution in [2.45, 2.75) is 64.6 Å². The molecule has 2 aliphatic rings. The standard InChI is InChI=1S/C13H25NO/c1-4-11-9-14-10-13(15-11)7-5-12(2,3)6-8-13/h11,14H,4-10H2,1-3H3. The number of ether oxygens (including phenoxy) is 1.